The van der Waals surface area contributed by atoms with Gasteiger partial charge in [0.25, 0.3) is 0 Å². The molecule has 0 aliphatic rings. The number of hydrogen-bond acceptors (Lipinski definition) is 6. The van der Waals surface area contributed by atoms with E-state index in [1.807, 2.05) is 59.9 Å². The van der Waals surface area contributed by atoms with Crippen molar-refractivity contribution < 1.29 is 4.74 Å². The fourth-order valence-electron chi connectivity index (χ4n) is 4.26. The van der Waals surface area contributed by atoms with Crippen molar-refractivity contribution in [2.75, 3.05) is 12.5 Å². The monoisotopic (exact) mass is 468 g/mol. The molecule has 0 saturated heterocycles. The van der Waals surface area contributed by atoms with Gasteiger partial charge in [-0.05, 0) is 54.8 Å². The average Bonchev–Trinajstić information content (AvgIpc) is 3.23. The van der Waals surface area contributed by atoms with E-state index in [9.17, 15) is 5.26 Å². The number of rotatable bonds is 5. The molecule has 5 aromatic rings. The lowest BCUT2D eigenvalue weighted by Crippen LogP contribution is -2.07. The molecular formula is C26H21ClN6O. The summed E-state index contributed by atoms with van der Waals surface area (Å²) in [6.07, 6.45) is 2.37. The average molecular weight is 469 g/mol. The molecule has 0 saturated carbocycles. The summed E-state index contributed by atoms with van der Waals surface area (Å²) in [5.74, 6) is 1.49. The number of anilines is 1. The van der Waals surface area contributed by atoms with Crippen molar-refractivity contribution >= 4 is 51.2 Å². The van der Waals surface area contributed by atoms with Gasteiger partial charge in [-0.1, -0.05) is 30.7 Å². The van der Waals surface area contributed by atoms with E-state index in [0.717, 1.165) is 51.1 Å². The predicted octanol–water partition coefficient (Wildman–Crippen LogP) is 5.89. The van der Waals surface area contributed by atoms with Crippen molar-refractivity contribution in [3.8, 4) is 11.8 Å². The number of para-hydroxylation sites is 2. The highest BCUT2D eigenvalue weighted by atomic mass is 35.5. The summed E-state index contributed by atoms with van der Waals surface area (Å²) in [5.41, 5.74) is 9.41. The molecule has 8 heteroatoms. The minimum atomic E-state index is 0.344. The topological polar surface area (TPSA) is 87.6 Å². The Morgan fingerprint density at radius 1 is 1.18 bits per heavy atom. The SMILES string of the molecule is CCc1c(C)c(C#N)c2nc3ccccc3n2c1N/N=C\c1cc2ccc(OC)cc2nc1Cl. The summed E-state index contributed by atoms with van der Waals surface area (Å²) in [6, 6.07) is 17.7. The predicted molar refractivity (Wildman–Crippen MR) is 136 cm³/mol. The maximum absolute atomic E-state index is 9.84. The van der Waals surface area contributed by atoms with Crippen LogP contribution < -0.4 is 10.2 Å². The van der Waals surface area contributed by atoms with Crippen LogP contribution in [-0.4, -0.2) is 27.7 Å². The number of aromatic nitrogens is 3. The first kappa shape index (κ1) is 21.7. The fourth-order valence-corrected chi connectivity index (χ4v) is 4.45. The van der Waals surface area contributed by atoms with E-state index in [-0.39, 0.29) is 0 Å². The fraction of sp³-hybridized carbons (Fsp3) is 0.154. The van der Waals surface area contributed by atoms with Crippen molar-refractivity contribution in [3.05, 3.63) is 75.9 Å². The highest BCUT2D eigenvalue weighted by molar-refractivity contribution is 6.32. The number of nitriles is 1. The summed E-state index contributed by atoms with van der Waals surface area (Å²) in [6.45, 7) is 4.01. The lowest BCUT2D eigenvalue weighted by Gasteiger charge is -2.15. The first-order valence-electron chi connectivity index (χ1n) is 10.8. The molecule has 168 valence electrons. The zero-order chi connectivity index (χ0) is 23.8. The number of halogens is 1. The summed E-state index contributed by atoms with van der Waals surface area (Å²) < 4.78 is 7.23. The number of nitrogens with one attached hydrogen (secondary N) is 1. The molecular weight excluding hydrogens is 448 g/mol. The Morgan fingerprint density at radius 3 is 2.76 bits per heavy atom. The molecule has 0 unspecified atom stereocenters. The molecule has 1 N–H and O–H groups in total. The summed E-state index contributed by atoms with van der Waals surface area (Å²) in [7, 11) is 1.62. The van der Waals surface area contributed by atoms with Crippen LogP contribution in [0.2, 0.25) is 5.15 Å². The van der Waals surface area contributed by atoms with Gasteiger partial charge in [0.2, 0.25) is 0 Å². The summed E-state index contributed by atoms with van der Waals surface area (Å²) in [5, 5.41) is 15.6. The minimum absolute atomic E-state index is 0.344. The number of ether oxygens (including phenoxy) is 1. The Kier molecular flexibility index (Phi) is 5.52. The molecule has 7 nitrogen and oxygen atoms in total. The van der Waals surface area contributed by atoms with Gasteiger partial charge in [0.15, 0.2) is 5.65 Å². The summed E-state index contributed by atoms with van der Waals surface area (Å²) in [4.78, 5) is 9.20. The molecule has 0 bridgehead atoms. The first-order chi connectivity index (χ1) is 16.5. The van der Waals surface area contributed by atoms with Crippen molar-refractivity contribution in [1.29, 1.82) is 5.26 Å². The molecule has 0 fully saturated rings. The van der Waals surface area contributed by atoms with Gasteiger partial charge in [0.05, 0.1) is 35.4 Å². The Hall–Kier alpha value is -4.15. The van der Waals surface area contributed by atoms with Crippen molar-refractivity contribution in [2.45, 2.75) is 20.3 Å². The lowest BCUT2D eigenvalue weighted by atomic mass is 10.0. The van der Waals surface area contributed by atoms with Crippen LogP contribution in [0.3, 0.4) is 0 Å². The van der Waals surface area contributed by atoms with Gasteiger partial charge < -0.3 is 4.74 Å². The lowest BCUT2D eigenvalue weighted by molar-refractivity contribution is 0.415. The Morgan fingerprint density at radius 2 is 2.00 bits per heavy atom. The number of pyridine rings is 2. The number of fused-ring (bicyclic) bond motifs is 4. The van der Waals surface area contributed by atoms with Gasteiger partial charge in [-0.25, -0.2) is 9.97 Å². The Bertz CT molecular complexity index is 1650. The minimum Gasteiger partial charge on any atom is -0.497 e. The van der Waals surface area contributed by atoms with Crippen LogP contribution in [0.1, 0.15) is 29.2 Å². The van der Waals surface area contributed by atoms with E-state index in [4.69, 9.17) is 21.3 Å². The molecule has 0 spiro atoms. The van der Waals surface area contributed by atoms with Crippen LogP contribution in [-0.2, 0) is 6.42 Å². The molecule has 2 aromatic carbocycles. The van der Waals surface area contributed by atoms with Crippen molar-refractivity contribution in [1.82, 2.24) is 14.4 Å². The number of nitrogens with zero attached hydrogens (tertiary/aromatic N) is 5. The van der Waals surface area contributed by atoms with Crippen LogP contribution >= 0.6 is 11.6 Å². The molecule has 0 amide bonds. The molecule has 0 radical (unpaired) electrons. The molecule has 3 aromatic heterocycles. The van der Waals surface area contributed by atoms with Gasteiger partial charge in [-0.15, -0.1) is 0 Å². The van der Waals surface area contributed by atoms with Crippen molar-refractivity contribution in [2.24, 2.45) is 5.10 Å². The molecule has 3 heterocycles. The van der Waals surface area contributed by atoms with E-state index in [1.54, 1.807) is 13.3 Å². The largest absolute Gasteiger partial charge is 0.497 e. The number of methoxy groups -OCH3 is 1. The smallest absolute Gasteiger partial charge is 0.157 e. The van der Waals surface area contributed by atoms with Gasteiger partial charge >= 0.3 is 0 Å². The maximum Gasteiger partial charge on any atom is 0.157 e. The second-order valence-electron chi connectivity index (χ2n) is 7.85. The second-order valence-corrected chi connectivity index (χ2v) is 8.21. The van der Waals surface area contributed by atoms with Gasteiger partial charge in [-0.3, -0.25) is 9.83 Å². The Balaban J connectivity index is 1.62. The van der Waals surface area contributed by atoms with Gasteiger partial charge in [0.1, 0.15) is 22.8 Å². The molecule has 0 aliphatic carbocycles. The van der Waals surface area contributed by atoms with Crippen LogP contribution in [0.4, 0.5) is 5.82 Å². The first-order valence-corrected chi connectivity index (χ1v) is 11.2. The van der Waals surface area contributed by atoms with E-state index < -0.39 is 0 Å². The van der Waals surface area contributed by atoms with Crippen LogP contribution in [0.25, 0.3) is 27.6 Å². The zero-order valence-electron chi connectivity index (χ0n) is 18.9. The number of hydrogen-bond donors (Lipinski definition) is 1. The normalized spacial score (nSPS) is 11.5. The molecule has 0 aliphatic heterocycles. The van der Waals surface area contributed by atoms with Gasteiger partial charge in [0, 0.05) is 17.0 Å². The quantitative estimate of drug-likeness (QED) is 0.197. The standard InChI is InChI=1S/C26H21ClN6O/c1-4-19-15(2)20(13-28)25-31-21-7-5-6-8-23(21)33(25)26(19)32-29-14-17-11-16-9-10-18(34-3)12-22(16)30-24(17)27/h5-12,14,32H,4H2,1-3H3/b29-14-. The highest BCUT2D eigenvalue weighted by Gasteiger charge is 2.19. The van der Waals surface area contributed by atoms with Crippen LogP contribution in [0, 0.1) is 18.3 Å². The van der Waals surface area contributed by atoms with E-state index >= 15 is 0 Å². The third-order valence-corrected chi connectivity index (χ3v) is 6.27. The summed E-state index contributed by atoms with van der Waals surface area (Å²) >= 11 is 6.44. The number of benzene rings is 2. The van der Waals surface area contributed by atoms with E-state index in [2.05, 4.69) is 28.5 Å². The number of imidazole rings is 1. The highest BCUT2D eigenvalue weighted by Crippen LogP contribution is 2.31. The van der Waals surface area contributed by atoms with Crippen molar-refractivity contribution in [3.63, 3.8) is 0 Å². The third kappa shape index (κ3) is 3.49. The van der Waals surface area contributed by atoms with E-state index in [0.29, 0.717) is 21.9 Å². The van der Waals surface area contributed by atoms with E-state index in [1.165, 1.54) is 0 Å². The maximum atomic E-state index is 9.84. The molecule has 34 heavy (non-hydrogen) atoms. The Labute approximate surface area is 201 Å². The van der Waals surface area contributed by atoms with Gasteiger partial charge in [-0.2, -0.15) is 10.4 Å². The molecule has 0 atom stereocenters. The van der Waals surface area contributed by atoms with Crippen LogP contribution in [0.15, 0.2) is 53.6 Å². The second kappa shape index (κ2) is 8.65. The zero-order valence-corrected chi connectivity index (χ0v) is 19.7. The molecule has 5 rings (SSSR count). The number of hydrazone groups is 1. The third-order valence-electron chi connectivity index (χ3n) is 5.97. The van der Waals surface area contributed by atoms with Crippen LogP contribution in [0.5, 0.6) is 5.75 Å².